The van der Waals surface area contributed by atoms with Crippen LogP contribution < -0.4 is 11.1 Å². The molecule has 1 aromatic heterocycles. The Kier molecular flexibility index (Phi) is 3.26. The number of methoxy groups -OCH3 is 1. The third kappa shape index (κ3) is 2.25. The highest BCUT2D eigenvalue weighted by atomic mass is 16.5. The molecule has 4 fully saturated rings. The smallest absolute Gasteiger partial charge is 0.252 e. The molecule has 2 unspecified atom stereocenters. The van der Waals surface area contributed by atoms with Crippen molar-refractivity contribution in [3.8, 4) is 0 Å². The van der Waals surface area contributed by atoms with Crippen LogP contribution in [0.4, 0.5) is 5.69 Å². The molecule has 25 heavy (non-hydrogen) atoms. The number of ether oxygens (including phenoxy) is 1. The van der Waals surface area contributed by atoms with Crippen LogP contribution in [0.1, 0.15) is 53.7 Å². The first-order valence-corrected chi connectivity index (χ1v) is 9.38. The average Bonchev–Trinajstić information content (AvgIpc) is 3.06. The molecule has 132 valence electrons. The summed E-state index contributed by atoms with van der Waals surface area (Å²) in [7, 11) is 1.88. The van der Waals surface area contributed by atoms with E-state index in [9.17, 15) is 4.79 Å². The van der Waals surface area contributed by atoms with Crippen molar-refractivity contribution < 1.29 is 9.53 Å². The van der Waals surface area contributed by atoms with Crippen molar-refractivity contribution in [2.45, 2.75) is 50.2 Å². The van der Waals surface area contributed by atoms with Gasteiger partial charge >= 0.3 is 0 Å². The molecule has 2 atom stereocenters. The van der Waals surface area contributed by atoms with Gasteiger partial charge in [-0.15, -0.1) is 0 Å². The molecule has 6 rings (SSSR count). The molecular formula is C20H25N3O2. The zero-order valence-electron chi connectivity index (χ0n) is 14.6. The summed E-state index contributed by atoms with van der Waals surface area (Å²) in [5.74, 6) is 1.62. The average molecular weight is 339 g/mol. The molecule has 1 heterocycles. The van der Waals surface area contributed by atoms with Gasteiger partial charge in [0, 0.05) is 31.3 Å². The minimum atomic E-state index is -0.407. The molecule has 0 spiro atoms. The summed E-state index contributed by atoms with van der Waals surface area (Å²) >= 11 is 0. The Labute approximate surface area is 148 Å². The van der Waals surface area contributed by atoms with Crippen LogP contribution in [-0.2, 0) is 11.2 Å². The van der Waals surface area contributed by atoms with E-state index in [1.54, 1.807) is 6.20 Å². The van der Waals surface area contributed by atoms with E-state index in [0.717, 1.165) is 42.1 Å². The first kappa shape index (κ1) is 15.4. The number of carbonyl (C=O) groups is 1. The quantitative estimate of drug-likeness (QED) is 0.884. The van der Waals surface area contributed by atoms with Crippen LogP contribution in [0.25, 0.3) is 6.08 Å². The number of fused-ring (bicyclic) bond motifs is 1. The number of nitrogens with two attached hydrogens (primary N) is 1. The SMILES string of the molecule is COC12CC3CC(C1)C(Nc1c(C(N)=O)cnc4c1C=CC4)C(C3)C2. The van der Waals surface area contributed by atoms with Crippen LogP contribution >= 0.6 is 0 Å². The zero-order valence-corrected chi connectivity index (χ0v) is 14.6. The van der Waals surface area contributed by atoms with E-state index in [1.165, 1.54) is 19.3 Å². The van der Waals surface area contributed by atoms with Gasteiger partial charge in [-0.2, -0.15) is 0 Å². The summed E-state index contributed by atoms with van der Waals surface area (Å²) < 4.78 is 5.96. The van der Waals surface area contributed by atoms with Gasteiger partial charge in [-0.25, -0.2) is 0 Å². The first-order valence-electron chi connectivity index (χ1n) is 9.38. The summed E-state index contributed by atoms with van der Waals surface area (Å²) in [6, 6.07) is 0.401. The van der Waals surface area contributed by atoms with Gasteiger partial charge in [-0.1, -0.05) is 12.2 Å². The molecule has 0 saturated heterocycles. The number of allylic oxidation sites excluding steroid dienone is 1. The number of amides is 1. The lowest BCUT2D eigenvalue weighted by Gasteiger charge is -2.59. The monoisotopic (exact) mass is 339 g/mol. The minimum Gasteiger partial charge on any atom is -0.381 e. The molecule has 5 aliphatic carbocycles. The highest BCUT2D eigenvalue weighted by molar-refractivity contribution is 6.00. The molecule has 0 radical (unpaired) electrons. The second-order valence-electron chi connectivity index (χ2n) is 8.41. The summed E-state index contributed by atoms with van der Waals surface area (Å²) in [4.78, 5) is 16.4. The Bertz CT molecular complexity index is 756. The van der Waals surface area contributed by atoms with E-state index in [1.807, 2.05) is 7.11 Å². The van der Waals surface area contributed by atoms with Crippen molar-refractivity contribution in [3.05, 3.63) is 29.1 Å². The lowest BCUT2D eigenvalue weighted by atomic mass is 9.52. The van der Waals surface area contributed by atoms with Gasteiger partial charge in [0.1, 0.15) is 0 Å². The Balaban J connectivity index is 1.50. The number of nitrogens with one attached hydrogen (secondary N) is 1. The number of hydrogen-bond acceptors (Lipinski definition) is 4. The highest BCUT2D eigenvalue weighted by Gasteiger charge is 2.55. The van der Waals surface area contributed by atoms with Crippen molar-refractivity contribution in [2.75, 3.05) is 12.4 Å². The minimum absolute atomic E-state index is 0.0985. The van der Waals surface area contributed by atoms with Gasteiger partial charge in [0.25, 0.3) is 5.91 Å². The topological polar surface area (TPSA) is 77.2 Å². The predicted molar refractivity (Wildman–Crippen MR) is 96.2 cm³/mol. The fraction of sp³-hybridized carbons (Fsp3) is 0.600. The number of aromatic nitrogens is 1. The van der Waals surface area contributed by atoms with Crippen LogP contribution in [0.5, 0.6) is 0 Å². The Morgan fingerprint density at radius 3 is 2.76 bits per heavy atom. The molecule has 5 heteroatoms. The second-order valence-corrected chi connectivity index (χ2v) is 8.41. The van der Waals surface area contributed by atoms with Gasteiger partial charge < -0.3 is 15.8 Å². The van der Waals surface area contributed by atoms with Crippen molar-refractivity contribution in [3.63, 3.8) is 0 Å². The third-order valence-corrected chi connectivity index (χ3v) is 7.02. The summed E-state index contributed by atoms with van der Waals surface area (Å²) in [5.41, 5.74) is 9.23. The predicted octanol–water partition coefficient (Wildman–Crippen LogP) is 2.76. The van der Waals surface area contributed by atoms with E-state index in [2.05, 4.69) is 22.5 Å². The second kappa shape index (κ2) is 5.31. The molecule has 5 nitrogen and oxygen atoms in total. The molecule has 0 aliphatic heterocycles. The fourth-order valence-electron chi connectivity index (χ4n) is 6.14. The number of carbonyl (C=O) groups excluding carboxylic acids is 1. The largest absolute Gasteiger partial charge is 0.381 e. The van der Waals surface area contributed by atoms with Crippen LogP contribution in [0.2, 0.25) is 0 Å². The molecule has 3 N–H and O–H groups in total. The van der Waals surface area contributed by atoms with E-state index in [4.69, 9.17) is 10.5 Å². The lowest BCUT2D eigenvalue weighted by Crippen LogP contribution is -2.59. The number of nitrogens with zero attached hydrogens (tertiary/aromatic N) is 1. The number of pyridine rings is 1. The maximum absolute atomic E-state index is 12.0. The van der Waals surface area contributed by atoms with E-state index in [0.29, 0.717) is 23.4 Å². The van der Waals surface area contributed by atoms with Crippen LogP contribution in [0.15, 0.2) is 12.3 Å². The number of hydrogen-bond donors (Lipinski definition) is 2. The fourth-order valence-corrected chi connectivity index (χ4v) is 6.14. The van der Waals surface area contributed by atoms with Crippen molar-refractivity contribution >= 4 is 17.7 Å². The maximum Gasteiger partial charge on any atom is 0.252 e. The highest BCUT2D eigenvalue weighted by Crippen LogP contribution is 2.57. The van der Waals surface area contributed by atoms with Gasteiger partial charge in [-0.3, -0.25) is 9.78 Å². The molecule has 1 aromatic rings. The molecule has 5 aliphatic rings. The molecular weight excluding hydrogens is 314 g/mol. The summed E-state index contributed by atoms with van der Waals surface area (Å²) in [5, 5.41) is 3.77. The van der Waals surface area contributed by atoms with E-state index < -0.39 is 5.91 Å². The third-order valence-electron chi connectivity index (χ3n) is 7.02. The van der Waals surface area contributed by atoms with Gasteiger partial charge in [0.2, 0.25) is 0 Å². The summed E-state index contributed by atoms with van der Waals surface area (Å²) in [6.45, 7) is 0. The number of anilines is 1. The number of primary amides is 1. The number of rotatable bonds is 4. The summed E-state index contributed by atoms with van der Waals surface area (Å²) in [6.07, 6.45) is 12.7. The van der Waals surface area contributed by atoms with Crippen LogP contribution in [0, 0.1) is 17.8 Å². The van der Waals surface area contributed by atoms with Crippen LogP contribution in [0.3, 0.4) is 0 Å². The van der Waals surface area contributed by atoms with Gasteiger partial charge in [0.15, 0.2) is 0 Å². The van der Waals surface area contributed by atoms with Crippen molar-refractivity contribution in [1.82, 2.24) is 4.98 Å². The molecule has 4 bridgehead atoms. The Morgan fingerprint density at radius 1 is 1.32 bits per heavy atom. The first-order chi connectivity index (χ1) is 12.1. The van der Waals surface area contributed by atoms with Gasteiger partial charge in [-0.05, 0) is 49.9 Å². The molecule has 4 saturated carbocycles. The van der Waals surface area contributed by atoms with E-state index >= 15 is 0 Å². The molecule has 0 aromatic carbocycles. The van der Waals surface area contributed by atoms with Gasteiger partial charge in [0.05, 0.1) is 22.5 Å². The normalized spacial score (nSPS) is 37.3. The Morgan fingerprint density at radius 2 is 2.08 bits per heavy atom. The Hall–Kier alpha value is -1.88. The zero-order chi connectivity index (χ0) is 17.2. The maximum atomic E-state index is 12.0. The van der Waals surface area contributed by atoms with E-state index in [-0.39, 0.29) is 5.60 Å². The van der Waals surface area contributed by atoms with Crippen molar-refractivity contribution in [2.24, 2.45) is 23.5 Å². The lowest BCUT2D eigenvalue weighted by molar-refractivity contribution is -0.149. The van der Waals surface area contributed by atoms with Crippen molar-refractivity contribution in [1.29, 1.82) is 0 Å². The molecule has 1 amide bonds. The van der Waals surface area contributed by atoms with Crippen LogP contribution in [-0.4, -0.2) is 29.6 Å². The standard InChI is InChI=1S/C20H25N3O2/c1-25-20-7-11-5-12(8-20)17(13(6-11)9-20)23-18-14-3-2-4-16(14)22-10-15(18)19(21)24/h2-3,10-13,17H,4-9H2,1H3,(H2,21,24)(H,22,23).